The molecule has 0 spiro atoms. The van der Waals surface area contributed by atoms with Gasteiger partial charge in [0.15, 0.2) is 5.60 Å². The predicted octanol–water partition coefficient (Wildman–Crippen LogP) is 2.79. The van der Waals surface area contributed by atoms with E-state index in [0.717, 1.165) is 17.0 Å². The van der Waals surface area contributed by atoms with Gasteiger partial charge in [-0.1, -0.05) is 18.2 Å². The number of carbonyl (C=O) groups excluding carboxylic acids is 1. The van der Waals surface area contributed by atoms with Crippen molar-refractivity contribution in [2.75, 3.05) is 7.11 Å². The molecular weight excluding hydrogens is 321 g/mol. The third-order valence-corrected chi connectivity index (χ3v) is 4.78. The number of benzene rings is 1. The Morgan fingerprint density at radius 2 is 2.04 bits per heavy atom. The number of aromatic nitrogens is 2. The Morgan fingerprint density at radius 3 is 2.56 bits per heavy atom. The van der Waals surface area contributed by atoms with E-state index in [4.69, 9.17) is 4.74 Å². The first kappa shape index (κ1) is 19.1. The van der Waals surface area contributed by atoms with Gasteiger partial charge in [-0.05, 0) is 45.7 Å². The van der Waals surface area contributed by atoms with Crippen molar-refractivity contribution < 1.29 is 13.9 Å². The van der Waals surface area contributed by atoms with Gasteiger partial charge in [-0.3, -0.25) is 9.48 Å². The molecular formula is C19H26FN3O2. The molecule has 136 valence electrons. The zero-order valence-corrected chi connectivity index (χ0v) is 15.7. The molecule has 5 nitrogen and oxygen atoms in total. The number of amides is 1. The Labute approximate surface area is 148 Å². The summed E-state index contributed by atoms with van der Waals surface area (Å²) in [7, 11) is 3.31. The van der Waals surface area contributed by atoms with Crippen LogP contribution in [0.25, 0.3) is 0 Å². The molecule has 2 rings (SSSR count). The molecule has 0 radical (unpaired) electrons. The van der Waals surface area contributed by atoms with Crippen LogP contribution >= 0.6 is 0 Å². The summed E-state index contributed by atoms with van der Waals surface area (Å²) in [6, 6.07) is 6.03. The molecule has 1 heterocycles. The molecule has 0 saturated heterocycles. The minimum Gasteiger partial charge on any atom is -0.364 e. The van der Waals surface area contributed by atoms with Gasteiger partial charge in [-0.15, -0.1) is 0 Å². The van der Waals surface area contributed by atoms with E-state index in [-0.39, 0.29) is 17.5 Å². The zero-order chi connectivity index (χ0) is 18.8. The number of rotatable bonds is 6. The van der Waals surface area contributed by atoms with Gasteiger partial charge < -0.3 is 10.1 Å². The largest absolute Gasteiger partial charge is 0.364 e. The van der Waals surface area contributed by atoms with E-state index in [9.17, 15) is 9.18 Å². The van der Waals surface area contributed by atoms with Gasteiger partial charge in [-0.25, -0.2) is 4.39 Å². The molecule has 0 saturated carbocycles. The lowest BCUT2D eigenvalue weighted by Gasteiger charge is -2.29. The number of nitrogens with one attached hydrogen (secondary N) is 1. The lowest BCUT2D eigenvalue weighted by Crippen LogP contribution is -2.48. The first-order valence-corrected chi connectivity index (χ1v) is 8.31. The summed E-state index contributed by atoms with van der Waals surface area (Å²) in [4.78, 5) is 12.8. The average molecular weight is 347 g/mol. The fraction of sp³-hybridized carbons (Fsp3) is 0.474. The number of ether oxygens (including phenoxy) is 1. The lowest BCUT2D eigenvalue weighted by molar-refractivity contribution is -0.143. The van der Waals surface area contributed by atoms with Gasteiger partial charge in [0.2, 0.25) is 0 Å². The molecule has 1 amide bonds. The maximum Gasteiger partial charge on any atom is 0.256 e. The van der Waals surface area contributed by atoms with E-state index in [1.807, 2.05) is 32.5 Å². The number of hydrogen-bond acceptors (Lipinski definition) is 3. The van der Waals surface area contributed by atoms with Gasteiger partial charge >= 0.3 is 0 Å². The Morgan fingerprint density at radius 1 is 1.40 bits per heavy atom. The highest BCUT2D eigenvalue weighted by molar-refractivity contribution is 5.86. The Kier molecular flexibility index (Phi) is 5.62. The van der Waals surface area contributed by atoms with Crippen molar-refractivity contribution in [2.24, 2.45) is 7.05 Å². The van der Waals surface area contributed by atoms with Crippen LogP contribution in [0, 0.1) is 19.7 Å². The van der Waals surface area contributed by atoms with E-state index in [2.05, 4.69) is 10.4 Å². The summed E-state index contributed by atoms with van der Waals surface area (Å²) in [5.41, 5.74) is 1.96. The van der Waals surface area contributed by atoms with E-state index >= 15 is 0 Å². The molecule has 0 fully saturated rings. The van der Waals surface area contributed by atoms with E-state index < -0.39 is 11.4 Å². The quantitative estimate of drug-likeness (QED) is 0.874. The zero-order valence-electron chi connectivity index (χ0n) is 15.7. The molecule has 1 aromatic carbocycles. The maximum absolute atomic E-state index is 14.2. The van der Waals surface area contributed by atoms with Crippen molar-refractivity contribution in [1.82, 2.24) is 15.1 Å². The summed E-state index contributed by atoms with van der Waals surface area (Å²) in [5.74, 6) is -0.833. The first-order valence-electron chi connectivity index (χ1n) is 8.31. The summed E-state index contributed by atoms with van der Waals surface area (Å²) >= 11 is 0. The number of methoxy groups -OCH3 is 1. The van der Waals surface area contributed by atoms with Crippen LogP contribution in [0.4, 0.5) is 4.39 Å². The van der Waals surface area contributed by atoms with Crippen LogP contribution in [0.1, 0.15) is 36.4 Å². The lowest BCUT2D eigenvalue weighted by atomic mass is 9.93. The first-order chi connectivity index (χ1) is 11.7. The Hall–Kier alpha value is -2.21. The minimum absolute atomic E-state index is 0.143. The van der Waals surface area contributed by atoms with Crippen molar-refractivity contribution in [1.29, 1.82) is 0 Å². The van der Waals surface area contributed by atoms with Crippen molar-refractivity contribution >= 4 is 5.91 Å². The van der Waals surface area contributed by atoms with Gasteiger partial charge in [0, 0.05) is 31.5 Å². The number of carbonyl (C=O) groups is 1. The van der Waals surface area contributed by atoms with E-state index in [1.165, 1.54) is 13.2 Å². The molecule has 2 aromatic rings. The smallest absolute Gasteiger partial charge is 0.256 e. The molecule has 0 unspecified atom stereocenters. The van der Waals surface area contributed by atoms with E-state index in [0.29, 0.717) is 6.42 Å². The highest BCUT2D eigenvalue weighted by Crippen LogP contribution is 2.27. The van der Waals surface area contributed by atoms with Crippen LogP contribution in [0.5, 0.6) is 0 Å². The predicted molar refractivity (Wildman–Crippen MR) is 94.8 cm³/mol. The van der Waals surface area contributed by atoms with Crippen LogP contribution in [0.2, 0.25) is 0 Å². The fourth-order valence-corrected chi connectivity index (χ4v) is 3.00. The molecule has 0 aliphatic heterocycles. The second-order valence-electron chi connectivity index (χ2n) is 6.57. The molecule has 1 aromatic heterocycles. The van der Waals surface area contributed by atoms with Gasteiger partial charge in [0.05, 0.1) is 5.69 Å². The number of halogens is 1. The Bertz CT molecular complexity index is 772. The van der Waals surface area contributed by atoms with Crippen LogP contribution in [0.15, 0.2) is 24.3 Å². The summed E-state index contributed by atoms with van der Waals surface area (Å²) in [6.45, 7) is 7.45. The number of hydrogen-bond donors (Lipinski definition) is 1. The monoisotopic (exact) mass is 347 g/mol. The molecule has 2 atom stereocenters. The molecule has 6 heteroatoms. The molecule has 0 aliphatic carbocycles. The molecule has 25 heavy (non-hydrogen) atoms. The summed E-state index contributed by atoms with van der Waals surface area (Å²) in [5, 5.41) is 7.34. The second kappa shape index (κ2) is 7.35. The number of aryl methyl sites for hydroxylation is 2. The SMILES string of the molecule is CO[C@@](C)(C(=O)N[C@H](C)Cc1c(C)nn(C)c1C)c1ccccc1F. The number of nitrogens with zero attached hydrogens (tertiary/aromatic N) is 2. The van der Waals surface area contributed by atoms with Crippen LogP contribution in [-0.4, -0.2) is 28.8 Å². The normalized spacial score (nSPS) is 14.8. The minimum atomic E-state index is -1.39. The third kappa shape index (κ3) is 3.74. The highest BCUT2D eigenvalue weighted by atomic mass is 19.1. The Balaban J connectivity index is 2.18. The fourth-order valence-electron chi connectivity index (χ4n) is 3.00. The van der Waals surface area contributed by atoms with Crippen LogP contribution in [0.3, 0.4) is 0 Å². The van der Waals surface area contributed by atoms with E-state index in [1.54, 1.807) is 25.1 Å². The van der Waals surface area contributed by atoms with Crippen molar-refractivity contribution in [3.05, 3.63) is 52.6 Å². The topological polar surface area (TPSA) is 56.1 Å². The molecule has 1 N–H and O–H groups in total. The van der Waals surface area contributed by atoms with Crippen LogP contribution < -0.4 is 5.32 Å². The third-order valence-electron chi connectivity index (χ3n) is 4.78. The maximum atomic E-state index is 14.2. The average Bonchev–Trinajstić information content (AvgIpc) is 2.80. The van der Waals surface area contributed by atoms with Crippen molar-refractivity contribution in [2.45, 2.75) is 45.8 Å². The highest BCUT2D eigenvalue weighted by Gasteiger charge is 2.38. The van der Waals surface area contributed by atoms with Gasteiger partial charge in [0.1, 0.15) is 5.82 Å². The summed E-state index contributed by atoms with van der Waals surface area (Å²) < 4.78 is 21.4. The van der Waals surface area contributed by atoms with Gasteiger partial charge in [0.25, 0.3) is 5.91 Å². The van der Waals surface area contributed by atoms with Crippen molar-refractivity contribution in [3.8, 4) is 0 Å². The van der Waals surface area contributed by atoms with Gasteiger partial charge in [-0.2, -0.15) is 5.10 Å². The van der Waals surface area contributed by atoms with Crippen molar-refractivity contribution in [3.63, 3.8) is 0 Å². The van der Waals surface area contributed by atoms with Crippen LogP contribution in [-0.2, 0) is 28.6 Å². The second-order valence-corrected chi connectivity index (χ2v) is 6.57. The molecule has 0 aliphatic rings. The standard InChI is InChI=1S/C19H26FN3O2/c1-12(11-15-13(2)22-23(5)14(15)3)21-18(24)19(4,25-6)16-9-7-8-10-17(16)20/h7-10,12H,11H2,1-6H3,(H,21,24)/t12-,19-/m1/s1. The molecule has 0 bridgehead atoms. The summed E-state index contributed by atoms with van der Waals surface area (Å²) in [6.07, 6.45) is 0.647.